The highest BCUT2D eigenvalue weighted by Gasteiger charge is 2.25. The molecule has 0 aliphatic heterocycles. The number of hydrogen-bond acceptors (Lipinski definition) is 7. The molecule has 0 amide bonds. The van der Waals surface area contributed by atoms with Crippen LogP contribution >= 0.6 is 23.2 Å². The first-order chi connectivity index (χ1) is 25.6. The van der Waals surface area contributed by atoms with E-state index in [2.05, 4.69) is 6.07 Å². The first kappa shape index (κ1) is 39.8. The summed E-state index contributed by atoms with van der Waals surface area (Å²) in [5.41, 5.74) is 3.52. The summed E-state index contributed by atoms with van der Waals surface area (Å²) in [6.07, 6.45) is 1.09. The molecule has 0 N–H and O–H groups in total. The molecule has 0 atom stereocenters. The summed E-state index contributed by atoms with van der Waals surface area (Å²) in [5.74, 6) is -2.50. The Hall–Kier alpha value is -5.44. The minimum absolute atomic E-state index is 0.0191. The van der Waals surface area contributed by atoms with Gasteiger partial charge in [0.05, 0.1) is 35.5 Å². The molecule has 10 heteroatoms. The molecule has 2 radical (unpaired) electrons. The van der Waals surface area contributed by atoms with Crippen molar-refractivity contribution in [2.75, 3.05) is 13.2 Å². The predicted octanol–water partition coefficient (Wildman–Crippen LogP) is 10.1. The number of carbonyl (C=O) groups is 4. The van der Waals surface area contributed by atoms with E-state index in [0.717, 1.165) is 22.3 Å². The Labute approximate surface area is 324 Å². The molecular formula is C44H38Cl2O8. The van der Waals surface area contributed by atoms with Gasteiger partial charge in [-0.25, -0.2) is 24.3 Å². The fourth-order valence-electron chi connectivity index (χ4n) is 5.65. The smallest absolute Gasteiger partial charge is 0.386 e. The molecule has 0 fully saturated rings. The number of halogens is 2. The summed E-state index contributed by atoms with van der Waals surface area (Å²) in [6, 6.07) is 32.5. The Morgan fingerprint density at radius 2 is 0.944 bits per heavy atom. The zero-order chi connectivity index (χ0) is 39.0. The van der Waals surface area contributed by atoms with Crippen LogP contribution in [0.25, 0.3) is 11.1 Å². The van der Waals surface area contributed by atoms with Crippen molar-refractivity contribution in [3.8, 4) is 16.9 Å². The standard InChI is InChI=1S/C44H38Cl2O8/c1-43(2,26-52-40(49)29-12-10-28(11-13-29)39(47)48)24-34-20-18-32(22-37(34)45)33-19-21-35(38(46)23-33)25-44(3,4)27-53-41(50)30-14-16-31(17-15-30)42(51)54-36-8-6-5-7-9-36/h6-23H,24-27H2,1-4H3. The molecule has 54 heavy (non-hydrogen) atoms. The number of carbonyl (C=O) groups excluding carboxylic acids is 4. The van der Waals surface area contributed by atoms with Crippen LogP contribution in [-0.4, -0.2) is 37.1 Å². The van der Waals surface area contributed by atoms with Crippen LogP contribution in [0.1, 0.15) is 80.3 Å². The van der Waals surface area contributed by atoms with Gasteiger partial charge in [-0.2, -0.15) is 0 Å². The molecule has 0 aliphatic carbocycles. The highest BCUT2D eigenvalue weighted by atomic mass is 35.5. The number of ether oxygens (including phenoxy) is 3. The largest absolute Gasteiger partial charge is 0.462 e. The zero-order valence-corrected chi connectivity index (χ0v) is 31.8. The van der Waals surface area contributed by atoms with Gasteiger partial charge >= 0.3 is 23.9 Å². The van der Waals surface area contributed by atoms with Crippen molar-refractivity contribution >= 4 is 47.1 Å². The van der Waals surface area contributed by atoms with Gasteiger partial charge in [-0.05, 0) is 114 Å². The van der Waals surface area contributed by atoms with Crippen LogP contribution in [0.4, 0.5) is 0 Å². The second-order valence-electron chi connectivity index (χ2n) is 14.5. The molecule has 0 aromatic heterocycles. The van der Waals surface area contributed by atoms with Crippen LogP contribution in [-0.2, 0) is 27.4 Å². The van der Waals surface area contributed by atoms with Crippen molar-refractivity contribution in [2.45, 2.75) is 40.5 Å². The molecule has 5 rings (SSSR count). The fourth-order valence-corrected chi connectivity index (χ4v) is 6.15. The number of hydrogen-bond donors (Lipinski definition) is 0. The van der Waals surface area contributed by atoms with E-state index in [0.29, 0.717) is 39.8 Å². The Bertz CT molecular complexity index is 2140. The quantitative estimate of drug-likeness (QED) is 0.0816. The van der Waals surface area contributed by atoms with Crippen LogP contribution < -0.4 is 4.74 Å². The Balaban J connectivity index is 1.13. The van der Waals surface area contributed by atoms with Crippen molar-refractivity contribution in [3.63, 3.8) is 0 Å². The molecule has 276 valence electrons. The van der Waals surface area contributed by atoms with E-state index >= 15 is 0 Å². The van der Waals surface area contributed by atoms with Crippen LogP contribution in [0.5, 0.6) is 5.75 Å². The normalized spacial score (nSPS) is 11.4. The van der Waals surface area contributed by atoms with E-state index in [4.69, 9.17) is 37.4 Å². The van der Waals surface area contributed by atoms with Gasteiger partial charge in [-0.1, -0.05) is 87.3 Å². The number of benzene rings is 5. The monoisotopic (exact) mass is 764 g/mol. The first-order valence-corrected chi connectivity index (χ1v) is 17.9. The maximum absolute atomic E-state index is 12.8. The molecule has 0 spiro atoms. The molecule has 0 bridgehead atoms. The SMILES string of the molecule is CC(C)(COC(=O)c1ccc(C([O])=O)cc1)Cc1ccc(-c2ccc(CC(C)(C)COC(=O)c3ccc(C(=O)Oc4cc[c]cc4)cc3)c(Cl)c2)cc1Cl. The Kier molecular flexibility index (Phi) is 12.6. The Morgan fingerprint density at radius 1 is 0.556 bits per heavy atom. The number of esters is 3. The van der Waals surface area contributed by atoms with Crippen LogP contribution in [0.15, 0.2) is 109 Å². The van der Waals surface area contributed by atoms with Gasteiger partial charge in [0.15, 0.2) is 0 Å². The molecule has 0 saturated heterocycles. The lowest BCUT2D eigenvalue weighted by atomic mass is 9.85. The fraction of sp³-hybridized carbons (Fsp3) is 0.227. The van der Waals surface area contributed by atoms with Crippen LogP contribution in [0, 0.1) is 16.9 Å². The minimum Gasteiger partial charge on any atom is -0.462 e. The predicted molar refractivity (Wildman–Crippen MR) is 206 cm³/mol. The van der Waals surface area contributed by atoms with Gasteiger partial charge in [0.2, 0.25) is 0 Å². The summed E-state index contributed by atoms with van der Waals surface area (Å²) in [6.45, 7) is 8.18. The van der Waals surface area contributed by atoms with E-state index in [1.165, 1.54) is 48.5 Å². The third-order valence-corrected chi connectivity index (χ3v) is 9.28. The van der Waals surface area contributed by atoms with Gasteiger partial charge < -0.3 is 14.2 Å². The highest BCUT2D eigenvalue weighted by molar-refractivity contribution is 6.32. The van der Waals surface area contributed by atoms with Crippen molar-refractivity contribution in [2.24, 2.45) is 10.8 Å². The summed E-state index contributed by atoms with van der Waals surface area (Å²) < 4.78 is 16.5. The second-order valence-corrected chi connectivity index (χ2v) is 15.3. The topological polar surface area (TPSA) is 116 Å². The van der Waals surface area contributed by atoms with Crippen molar-refractivity contribution in [1.82, 2.24) is 0 Å². The van der Waals surface area contributed by atoms with E-state index in [1.807, 2.05) is 64.1 Å². The minimum atomic E-state index is -1.32. The lowest BCUT2D eigenvalue weighted by Crippen LogP contribution is -2.24. The number of rotatable bonds is 14. The summed E-state index contributed by atoms with van der Waals surface area (Å²) in [5, 5.41) is 12.1. The molecule has 0 saturated carbocycles. The van der Waals surface area contributed by atoms with Crippen molar-refractivity contribution in [1.29, 1.82) is 0 Å². The van der Waals surface area contributed by atoms with E-state index in [1.54, 1.807) is 24.3 Å². The molecule has 5 aromatic carbocycles. The molecule has 5 aromatic rings. The maximum Gasteiger partial charge on any atom is 0.386 e. The molecular weight excluding hydrogens is 727 g/mol. The van der Waals surface area contributed by atoms with Crippen LogP contribution in [0.2, 0.25) is 10.0 Å². The van der Waals surface area contributed by atoms with Gasteiger partial charge in [0, 0.05) is 20.9 Å². The summed E-state index contributed by atoms with van der Waals surface area (Å²) in [4.78, 5) is 48.8. The lowest BCUT2D eigenvalue weighted by molar-refractivity contribution is 0.0335. The van der Waals surface area contributed by atoms with Gasteiger partial charge in [0.25, 0.3) is 0 Å². The van der Waals surface area contributed by atoms with E-state index in [-0.39, 0.29) is 24.3 Å². The maximum atomic E-state index is 12.8. The van der Waals surface area contributed by atoms with Gasteiger partial charge in [0.1, 0.15) is 5.75 Å². The molecule has 0 unspecified atom stereocenters. The molecule has 0 aliphatic rings. The average Bonchev–Trinajstić information content (AvgIpc) is 3.15. The van der Waals surface area contributed by atoms with E-state index in [9.17, 15) is 24.3 Å². The van der Waals surface area contributed by atoms with E-state index < -0.39 is 34.7 Å². The highest BCUT2D eigenvalue weighted by Crippen LogP contribution is 2.34. The Morgan fingerprint density at radius 3 is 1.33 bits per heavy atom. The van der Waals surface area contributed by atoms with Gasteiger partial charge in [-0.15, -0.1) is 0 Å². The third-order valence-electron chi connectivity index (χ3n) is 8.58. The lowest BCUT2D eigenvalue weighted by Gasteiger charge is -2.25. The van der Waals surface area contributed by atoms with Crippen LogP contribution in [0.3, 0.4) is 0 Å². The third kappa shape index (κ3) is 10.8. The van der Waals surface area contributed by atoms with Gasteiger partial charge in [-0.3, -0.25) is 0 Å². The van der Waals surface area contributed by atoms with Crippen molar-refractivity contribution < 1.29 is 38.5 Å². The zero-order valence-electron chi connectivity index (χ0n) is 30.2. The summed E-state index contributed by atoms with van der Waals surface area (Å²) >= 11 is 13.5. The molecule has 0 heterocycles. The van der Waals surface area contributed by atoms with Crippen molar-refractivity contribution in [3.05, 3.63) is 159 Å². The second kappa shape index (κ2) is 17.1. The average molecular weight is 766 g/mol. The molecule has 8 nitrogen and oxygen atoms in total. The summed E-state index contributed by atoms with van der Waals surface area (Å²) in [7, 11) is 0. The first-order valence-electron chi connectivity index (χ1n) is 17.1.